The second-order valence-corrected chi connectivity index (χ2v) is 6.51. The molecule has 1 aromatic heterocycles. The number of nitrogens with zero attached hydrogens (tertiary/aromatic N) is 3. The largest absolute Gasteiger partial charge is 0.497 e. The second kappa shape index (κ2) is 9.20. The van der Waals surface area contributed by atoms with Gasteiger partial charge in [0, 0.05) is 26.0 Å². The van der Waals surface area contributed by atoms with E-state index in [4.69, 9.17) is 4.74 Å². The predicted molar refractivity (Wildman–Crippen MR) is 103 cm³/mol. The van der Waals surface area contributed by atoms with Gasteiger partial charge in [-0.3, -0.25) is 4.98 Å². The van der Waals surface area contributed by atoms with Crippen LogP contribution in [0.1, 0.15) is 30.1 Å². The molecule has 2 amide bonds. The second-order valence-electron chi connectivity index (χ2n) is 6.51. The standard InChI is InChI=1S/C20H28N4O2/c1-15(16-10-12-21-13-11-16)24(4)20(25)22-14-19(23(2)3)17-6-8-18(26-5)9-7-17/h6-13,15,19H,14H2,1-5H3,(H,22,25). The minimum absolute atomic E-state index is 0.0307. The first-order valence-corrected chi connectivity index (χ1v) is 8.65. The van der Waals surface area contributed by atoms with E-state index in [1.807, 2.05) is 57.4 Å². The summed E-state index contributed by atoms with van der Waals surface area (Å²) in [7, 11) is 7.46. The van der Waals surface area contributed by atoms with Crippen LogP contribution in [0, 0.1) is 0 Å². The number of hydrogen-bond acceptors (Lipinski definition) is 4. The minimum atomic E-state index is -0.102. The average Bonchev–Trinajstić information content (AvgIpc) is 2.67. The molecule has 0 radical (unpaired) electrons. The van der Waals surface area contributed by atoms with Gasteiger partial charge in [-0.05, 0) is 56.4 Å². The summed E-state index contributed by atoms with van der Waals surface area (Å²) < 4.78 is 5.21. The molecule has 1 N–H and O–H groups in total. The Morgan fingerprint density at radius 2 is 1.69 bits per heavy atom. The van der Waals surface area contributed by atoms with Gasteiger partial charge in [-0.15, -0.1) is 0 Å². The van der Waals surface area contributed by atoms with Crippen molar-refractivity contribution < 1.29 is 9.53 Å². The molecule has 1 heterocycles. The summed E-state index contributed by atoms with van der Waals surface area (Å²) in [4.78, 5) is 20.4. The van der Waals surface area contributed by atoms with Crippen LogP contribution >= 0.6 is 0 Å². The van der Waals surface area contributed by atoms with E-state index in [1.54, 1.807) is 31.5 Å². The highest BCUT2D eigenvalue weighted by atomic mass is 16.5. The number of amides is 2. The molecular weight excluding hydrogens is 328 g/mol. The molecule has 6 heteroatoms. The Morgan fingerprint density at radius 3 is 2.23 bits per heavy atom. The molecule has 1 aromatic carbocycles. The topological polar surface area (TPSA) is 57.7 Å². The summed E-state index contributed by atoms with van der Waals surface area (Å²) >= 11 is 0. The molecule has 0 spiro atoms. The minimum Gasteiger partial charge on any atom is -0.497 e. The molecule has 0 aliphatic carbocycles. The third kappa shape index (κ3) is 4.95. The summed E-state index contributed by atoms with van der Waals surface area (Å²) in [5, 5.41) is 3.04. The number of methoxy groups -OCH3 is 1. The Balaban J connectivity index is 2.00. The summed E-state index contributed by atoms with van der Waals surface area (Å²) in [6, 6.07) is 11.7. The highest BCUT2D eigenvalue weighted by Crippen LogP contribution is 2.21. The Hall–Kier alpha value is -2.60. The summed E-state index contributed by atoms with van der Waals surface area (Å²) in [5.74, 6) is 0.821. The molecular formula is C20H28N4O2. The van der Waals surface area contributed by atoms with Gasteiger partial charge in [-0.2, -0.15) is 0 Å². The first-order chi connectivity index (χ1) is 12.4. The average molecular weight is 356 g/mol. The zero-order valence-electron chi connectivity index (χ0n) is 16.1. The Bertz CT molecular complexity index is 689. The third-order valence-electron chi connectivity index (χ3n) is 4.66. The van der Waals surface area contributed by atoms with Crippen molar-refractivity contribution >= 4 is 6.03 Å². The van der Waals surface area contributed by atoms with Crippen LogP contribution in [0.3, 0.4) is 0 Å². The zero-order chi connectivity index (χ0) is 19.1. The lowest BCUT2D eigenvalue weighted by atomic mass is 10.1. The first kappa shape index (κ1) is 19.7. The molecule has 0 aliphatic rings. The monoisotopic (exact) mass is 356 g/mol. The lowest BCUT2D eigenvalue weighted by molar-refractivity contribution is 0.189. The molecule has 26 heavy (non-hydrogen) atoms. The molecule has 0 aliphatic heterocycles. The SMILES string of the molecule is COc1ccc(C(CNC(=O)N(C)C(C)c2ccncc2)N(C)C)cc1. The Morgan fingerprint density at radius 1 is 1.08 bits per heavy atom. The maximum Gasteiger partial charge on any atom is 0.317 e. The van der Waals surface area contributed by atoms with Crippen LogP contribution in [0.25, 0.3) is 0 Å². The van der Waals surface area contributed by atoms with E-state index in [0.29, 0.717) is 6.54 Å². The van der Waals surface area contributed by atoms with E-state index in [9.17, 15) is 4.79 Å². The number of pyridine rings is 1. The molecule has 6 nitrogen and oxygen atoms in total. The van der Waals surface area contributed by atoms with Crippen molar-refractivity contribution in [3.8, 4) is 5.75 Å². The van der Waals surface area contributed by atoms with Crippen LogP contribution in [-0.4, -0.2) is 55.6 Å². The normalized spacial score (nSPS) is 13.2. The number of carbonyl (C=O) groups excluding carboxylic acids is 1. The fourth-order valence-corrected chi connectivity index (χ4v) is 2.77. The van der Waals surface area contributed by atoms with Crippen molar-refractivity contribution in [2.45, 2.75) is 19.0 Å². The summed E-state index contributed by atoms with van der Waals surface area (Å²) in [5.41, 5.74) is 2.18. The number of rotatable bonds is 7. The van der Waals surface area contributed by atoms with Gasteiger partial charge < -0.3 is 19.9 Å². The van der Waals surface area contributed by atoms with Crippen molar-refractivity contribution in [3.63, 3.8) is 0 Å². The fourth-order valence-electron chi connectivity index (χ4n) is 2.77. The number of carbonyl (C=O) groups is 1. The number of urea groups is 1. The highest BCUT2D eigenvalue weighted by molar-refractivity contribution is 5.74. The fraction of sp³-hybridized carbons (Fsp3) is 0.400. The number of hydrogen-bond donors (Lipinski definition) is 1. The van der Waals surface area contributed by atoms with Gasteiger partial charge in [0.25, 0.3) is 0 Å². The molecule has 0 bridgehead atoms. The Kier molecular flexibility index (Phi) is 6.97. The van der Waals surface area contributed by atoms with Crippen molar-refractivity contribution in [1.82, 2.24) is 20.1 Å². The predicted octanol–water partition coefficient (Wildman–Crippen LogP) is 3.10. The van der Waals surface area contributed by atoms with Crippen LogP contribution in [0.15, 0.2) is 48.8 Å². The molecule has 2 rings (SSSR count). The van der Waals surface area contributed by atoms with Crippen LogP contribution in [-0.2, 0) is 0 Å². The lowest BCUT2D eigenvalue weighted by Gasteiger charge is -2.29. The first-order valence-electron chi connectivity index (χ1n) is 8.65. The van der Waals surface area contributed by atoms with Crippen molar-refractivity contribution in [3.05, 3.63) is 59.9 Å². The maximum absolute atomic E-state index is 12.6. The zero-order valence-corrected chi connectivity index (χ0v) is 16.1. The van der Waals surface area contributed by atoms with E-state index in [0.717, 1.165) is 16.9 Å². The quantitative estimate of drug-likeness (QED) is 0.828. The molecule has 2 unspecified atom stereocenters. The number of nitrogens with one attached hydrogen (secondary N) is 1. The maximum atomic E-state index is 12.6. The number of benzene rings is 1. The molecule has 2 atom stereocenters. The van der Waals surface area contributed by atoms with Crippen molar-refractivity contribution in [2.75, 3.05) is 34.8 Å². The van der Waals surface area contributed by atoms with Gasteiger partial charge in [0.1, 0.15) is 5.75 Å². The van der Waals surface area contributed by atoms with Crippen LogP contribution in [0.5, 0.6) is 5.75 Å². The Labute approximate surface area is 155 Å². The van der Waals surface area contributed by atoms with Crippen LogP contribution in [0.4, 0.5) is 4.79 Å². The van der Waals surface area contributed by atoms with Gasteiger partial charge >= 0.3 is 6.03 Å². The van der Waals surface area contributed by atoms with E-state index < -0.39 is 0 Å². The van der Waals surface area contributed by atoms with Gasteiger partial charge in [0.2, 0.25) is 0 Å². The van der Waals surface area contributed by atoms with Gasteiger partial charge in [0.05, 0.1) is 19.2 Å². The van der Waals surface area contributed by atoms with Crippen molar-refractivity contribution in [2.24, 2.45) is 0 Å². The van der Waals surface area contributed by atoms with Crippen molar-refractivity contribution in [1.29, 1.82) is 0 Å². The van der Waals surface area contributed by atoms with Crippen LogP contribution in [0.2, 0.25) is 0 Å². The molecule has 0 saturated heterocycles. The molecule has 2 aromatic rings. The summed E-state index contributed by atoms with van der Waals surface area (Å²) in [6.45, 7) is 2.52. The number of aromatic nitrogens is 1. The number of ether oxygens (including phenoxy) is 1. The lowest BCUT2D eigenvalue weighted by Crippen LogP contribution is -2.42. The molecule has 0 saturated carbocycles. The van der Waals surface area contributed by atoms with E-state index in [2.05, 4.69) is 15.2 Å². The van der Waals surface area contributed by atoms with E-state index >= 15 is 0 Å². The van der Waals surface area contributed by atoms with E-state index in [1.165, 1.54) is 0 Å². The van der Waals surface area contributed by atoms with Gasteiger partial charge in [-0.1, -0.05) is 12.1 Å². The van der Waals surface area contributed by atoms with Crippen LogP contribution < -0.4 is 10.1 Å². The molecule has 0 fully saturated rings. The third-order valence-corrected chi connectivity index (χ3v) is 4.66. The smallest absolute Gasteiger partial charge is 0.317 e. The van der Waals surface area contributed by atoms with Gasteiger partial charge in [-0.25, -0.2) is 4.79 Å². The number of likely N-dealkylation sites (N-methyl/N-ethyl adjacent to an activating group) is 1. The molecule has 140 valence electrons. The summed E-state index contributed by atoms with van der Waals surface area (Å²) in [6.07, 6.45) is 3.48. The highest BCUT2D eigenvalue weighted by Gasteiger charge is 2.20. The van der Waals surface area contributed by atoms with Gasteiger partial charge in [0.15, 0.2) is 0 Å². The van der Waals surface area contributed by atoms with E-state index in [-0.39, 0.29) is 18.1 Å².